The van der Waals surface area contributed by atoms with E-state index in [1.54, 1.807) is 0 Å². The highest BCUT2D eigenvalue weighted by atomic mass is 32.2. The van der Waals surface area contributed by atoms with Crippen LogP contribution >= 0.6 is 0 Å². The van der Waals surface area contributed by atoms with Crippen molar-refractivity contribution >= 4 is 16.0 Å². The van der Waals surface area contributed by atoms with Crippen molar-refractivity contribution in [3.63, 3.8) is 0 Å². The molecule has 2 saturated heterocycles. The van der Waals surface area contributed by atoms with Crippen LogP contribution in [0.3, 0.4) is 0 Å². The number of sulfonamides is 1. The lowest BCUT2D eigenvalue weighted by Gasteiger charge is -2.37. The van der Waals surface area contributed by atoms with Gasteiger partial charge in [-0.05, 0) is 25.3 Å². The van der Waals surface area contributed by atoms with Crippen LogP contribution < -0.4 is 0 Å². The molecule has 1 aromatic heterocycles. The molecule has 0 radical (unpaired) electrons. The zero-order valence-corrected chi connectivity index (χ0v) is 13.1. The monoisotopic (exact) mass is 344 g/mol. The van der Waals surface area contributed by atoms with Gasteiger partial charge in [0.05, 0.1) is 24.3 Å². The van der Waals surface area contributed by atoms with Crippen molar-refractivity contribution in [1.29, 1.82) is 0 Å². The van der Waals surface area contributed by atoms with Gasteiger partial charge >= 0.3 is 5.97 Å². The summed E-state index contributed by atoms with van der Waals surface area (Å²) < 4.78 is 45.1. The summed E-state index contributed by atoms with van der Waals surface area (Å²) in [6.07, 6.45) is 3.33. The minimum Gasteiger partial charge on any atom is -0.481 e. The van der Waals surface area contributed by atoms with Crippen LogP contribution in [0.2, 0.25) is 0 Å². The van der Waals surface area contributed by atoms with E-state index in [4.69, 9.17) is 9.84 Å². The number of carboxylic acids is 1. The van der Waals surface area contributed by atoms with Crippen LogP contribution in [0, 0.1) is 11.7 Å². The van der Waals surface area contributed by atoms with Crippen LogP contribution in [0.4, 0.5) is 4.39 Å². The van der Waals surface area contributed by atoms with Gasteiger partial charge in [0.1, 0.15) is 10.7 Å². The Balaban J connectivity index is 1.71. The number of aliphatic carboxylic acids is 1. The smallest absolute Gasteiger partial charge is 0.308 e. The molecule has 1 atom stereocenters. The molecule has 0 amide bonds. The fourth-order valence-electron chi connectivity index (χ4n) is 3.17. The van der Waals surface area contributed by atoms with E-state index in [1.165, 1.54) is 4.31 Å². The summed E-state index contributed by atoms with van der Waals surface area (Å²) in [4.78, 5) is 14.4. The molecule has 1 N–H and O–H groups in total. The molecule has 2 fully saturated rings. The number of carboxylic acid groups (broad SMARTS) is 1. The van der Waals surface area contributed by atoms with Crippen LogP contribution in [0.15, 0.2) is 23.4 Å². The first-order chi connectivity index (χ1) is 10.8. The molecule has 3 rings (SSSR count). The average Bonchev–Trinajstić information content (AvgIpc) is 2.92. The molecule has 0 aromatic carbocycles. The first kappa shape index (κ1) is 16.3. The fourth-order valence-corrected chi connectivity index (χ4v) is 4.58. The number of aromatic nitrogens is 1. The molecule has 2 aliphatic rings. The number of carbonyl (C=O) groups is 1. The topological polar surface area (TPSA) is 96.8 Å². The van der Waals surface area contributed by atoms with Crippen LogP contribution in [0.5, 0.6) is 0 Å². The van der Waals surface area contributed by atoms with E-state index in [9.17, 15) is 17.6 Å². The molecule has 126 valence electrons. The Morgan fingerprint density at radius 2 is 2.09 bits per heavy atom. The predicted octanol–water partition coefficient (Wildman–Crippen LogP) is 0.865. The lowest BCUT2D eigenvalue weighted by atomic mass is 9.86. The predicted molar refractivity (Wildman–Crippen MR) is 76.6 cm³/mol. The number of piperidine rings is 1. The zero-order valence-electron chi connectivity index (χ0n) is 12.3. The molecule has 2 aliphatic heterocycles. The Bertz CT molecular complexity index is 716. The third-order valence-corrected chi connectivity index (χ3v) is 6.37. The van der Waals surface area contributed by atoms with Crippen LogP contribution in [0.25, 0.3) is 0 Å². The van der Waals surface area contributed by atoms with E-state index in [0.29, 0.717) is 19.3 Å². The minimum absolute atomic E-state index is 0.163. The Morgan fingerprint density at radius 1 is 1.39 bits per heavy atom. The van der Waals surface area contributed by atoms with Crippen LogP contribution in [-0.4, -0.2) is 54.1 Å². The van der Waals surface area contributed by atoms with Crippen molar-refractivity contribution in [3.05, 3.63) is 24.3 Å². The summed E-state index contributed by atoms with van der Waals surface area (Å²) in [6.45, 7) is 0.590. The molecular formula is C14H17FN2O5S. The summed E-state index contributed by atoms with van der Waals surface area (Å²) in [5, 5.41) is 9.05. The third-order valence-electron chi connectivity index (χ3n) is 4.51. The highest BCUT2D eigenvalue weighted by Gasteiger charge is 2.46. The molecule has 1 aromatic rings. The number of nitrogens with zero attached hydrogens (tertiary/aromatic N) is 2. The second-order valence-electron chi connectivity index (χ2n) is 5.98. The summed E-state index contributed by atoms with van der Waals surface area (Å²) in [5.74, 6) is -2.13. The van der Waals surface area contributed by atoms with Gasteiger partial charge < -0.3 is 9.84 Å². The normalized spacial score (nSPS) is 24.8. The highest BCUT2D eigenvalue weighted by molar-refractivity contribution is 7.89. The number of hydrogen-bond acceptors (Lipinski definition) is 5. The maximum absolute atomic E-state index is 13.2. The standard InChI is InChI=1S/C14H17FN2O5S/c15-11-5-12(8-16-7-11)23(20,21)17-3-1-14(2-4-17)6-10(9-22-14)13(18)19/h5,7-8,10H,1-4,6,9H2,(H,18,19). The third kappa shape index (κ3) is 3.08. The largest absolute Gasteiger partial charge is 0.481 e. The van der Waals surface area contributed by atoms with Gasteiger partial charge in [-0.15, -0.1) is 0 Å². The lowest BCUT2D eigenvalue weighted by molar-refractivity contribution is -0.141. The van der Waals surface area contributed by atoms with E-state index in [-0.39, 0.29) is 24.6 Å². The van der Waals surface area contributed by atoms with Gasteiger partial charge in [-0.2, -0.15) is 4.31 Å². The summed E-state index contributed by atoms with van der Waals surface area (Å²) in [7, 11) is -3.80. The molecule has 1 unspecified atom stereocenters. The van der Waals surface area contributed by atoms with Gasteiger partial charge in [0, 0.05) is 19.3 Å². The van der Waals surface area contributed by atoms with Crippen LogP contribution in [-0.2, 0) is 19.6 Å². The number of halogens is 1. The van der Waals surface area contributed by atoms with Crippen molar-refractivity contribution in [2.24, 2.45) is 5.92 Å². The first-order valence-corrected chi connectivity index (χ1v) is 8.74. The quantitative estimate of drug-likeness (QED) is 0.874. The molecule has 1 spiro atoms. The van der Waals surface area contributed by atoms with Crippen molar-refractivity contribution in [2.75, 3.05) is 19.7 Å². The Labute approximate surface area is 133 Å². The molecule has 0 aliphatic carbocycles. The van der Waals surface area contributed by atoms with Gasteiger partial charge in [0.15, 0.2) is 0 Å². The highest BCUT2D eigenvalue weighted by Crippen LogP contribution is 2.39. The molecular weight excluding hydrogens is 327 g/mol. The van der Waals surface area contributed by atoms with Crippen molar-refractivity contribution in [2.45, 2.75) is 29.8 Å². The van der Waals surface area contributed by atoms with Gasteiger partial charge in [0.25, 0.3) is 0 Å². The Hall–Kier alpha value is -1.58. The SMILES string of the molecule is O=C(O)C1COC2(CCN(S(=O)(=O)c3cncc(F)c3)CC2)C1. The first-order valence-electron chi connectivity index (χ1n) is 7.30. The van der Waals surface area contributed by atoms with Gasteiger partial charge in [-0.1, -0.05) is 0 Å². The average molecular weight is 344 g/mol. The summed E-state index contributed by atoms with van der Waals surface area (Å²) in [5.41, 5.74) is -0.560. The number of pyridine rings is 1. The Kier molecular flexibility index (Phi) is 4.11. The number of hydrogen-bond donors (Lipinski definition) is 1. The van der Waals surface area contributed by atoms with Gasteiger partial charge in [-0.3, -0.25) is 9.78 Å². The maximum atomic E-state index is 13.2. The molecule has 3 heterocycles. The lowest BCUT2D eigenvalue weighted by Crippen LogP contribution is -2.46. The van der Waals surface area contributed by atoms with Crippen molar-refractivity contribution in [1.82, 2.24) is 9.29 Å². The van der Waals surface area contributed by atoms with E-state index < -0.39 is 33.3 Å². The van der Waals surface area contributed by atoms with E-state index >= 15 is 0 Å². The maximum Gasteiger partial charge on any atom is 0.308 e. The fraction of sp³-hybridized carbons (Fsp3) is 0.571. The number of ether oxygens (including phenoxy) is 1. The summed E-state index contributed by atoms with van der Waals surface area (Å²) in [6, 6.07) is 0.944. The van der Waals surface area contributed by atoms with E-state index in [1.807, 2.05) is 0 Å². The van der Waals surface area contributed by atoms with Gasteiger partial charge in [-0.25, -0.2) is 12.8 Å². The van der Waals surface area contributed by atoms with Crippen molar-refractivity contribution in [3.8, 4) is 0 Å². The van der Waals surface area contributed by atoms with Crippen molar-refractivity contribution < 1.29 is 27.4 Å². The molecule has 0 bridgehead atoms. The molecule has 23 heavy (non-hydrogen) atoms. The van der Waals surface area contributed by atoms with E-state index in [0.717, 1.165) is 18.5 Å². The zero-order chi connectivity index (χ0) is 16.7. The second-order valence-corrected chi connectivity index (χ2v) is 7.91. The minimum atomic E-state index is -3.80. The number of rotatable bonds is 3. The van der Waals surface area contributed by atoms with Gasteiger partial charge in [0.2, 0.25) is 10.0 Å². The molecule has 9 heteroatoms. The molecule has 0 saturated carbocycles. The second kappa shape index (κ2) is 5.81. The Morgan fingerprint density at radius 3 is 2.65 bits per heavy atom. The van der Waals surface area contributed by atoms with Crippen LogP contribution in [0.1, 0.15) is 19.3 Å². The van der Waals surface area contributed by atoms with E-state index in [2.05, 4.69) is 4.98 Å². The molecule has 7 nitrogen and oxygen atoms in total. The summed E-state index contributed by atoms with van der Waals surface area (Å²) >= 11 is 0.